The highest BCUT2D eigenvalue weighted by molar-refractivity contribution is 6.31. The summed E-state index contributed by atoms with van der Waals surface area (Å²) in [7, 11) is 1.61. The van der Waals surface area contributed by atoms with Crippen LogP contribution in [0.15, 0.2) is 67.5 Å². The Bertz CT molecular complexity index is 1840. The van der Waals surface area contributed by atoms with Gasteiger partial charge in [-0.05, 0) is 59.2 Å². The van der Waals surface area contributed by atoms with Gasteiger partial charge in [0, 0.05) is 37.0 Å². The van der Waals surface area contributed by atoms with Gasteiger partial charge in [-0.2, -0.15) is 27.7 Å². The second-order valence-corrected chi connectivity index (χ2v) is 10.7. The maximum Gasteiger partial charge on any atom is 0.433 e. The number of benzene rings is 1. The molecule has 0 bridgehead atoms. The first kappa shape index (κ1) is 29.2. The molecular formula is C28H22ClF4N9O2. The number of carbonyl (C=O) groups excluding carboxylic acids is 1. The van der Waals surface area contributed by atoms with Crippen LogP contribution < -0.4 is 4.73 Å². The Morgan fingerprint density at radius 2 is 1.98 bits per heavy atom. The highest BCUT2D eigenvalue weighted by Gasteiger charge is 2.35. The van der Waals surface area contributed by atoms with E-state index < -0.39 is 23.7 Å². The smallest absolute Gasteiger partial charge is 0.433 e. The SMILES string of the molecule is CN(C[C@@H](c1ccc(-c2c(-n3cnnn3)ccc(Cl)c2F)c[n+]1[O-])n1cc(-c2ccnc(C(F)(F)F)c2)cn1)C(=O)C1CC1. The molecular weight excluding hydrogens is 606 g/mol. The maximum absolute atomic E-state index is 15.3. The van der Waals surface area contributed by atoms with Gasteiger partial charge in [-0.15, -0.1) is 5.10 Å². The number of hydrogen-bond acceptors (Lipinski definition) is 7. The zero-order chi connectivity index (χ0) is 31.2. The summed E-state index contributed by atoms with van der Waals surface area (Å²) in [5.74, 6) is -0.970. The van der Waals surface area contributed by atoms with E-state index in [4.69, 9.17) is 11.6 Å². The number of pyridine rings is 2. The van der Waals surface area contributed by atoms with Gasteiger partial charge < -0.3 is 10.1 Å². The van der Waals surface area contributed by atoms with Crippen LogP contribution >= 0.6 is 11.6 Å². The van der Waals surface area contributed by atoms with E-state index in [9.17, 15) is 23.2 Å². The lowest BCUT2D eigenvalue weighted by atomic mass is 10.0. The molecule has 0 saturated heterocycles. The van der Waals surface area contributed by atoms with Crippen molar-refractivity contribution in [2.24, 2.45) is 5.92 Å². The van der Waals surface area contributed by atoms with Crippen LogP contribution in [0, 0.1) is 16.9 Å². The lowest BCUT2D eigenvalue weighted by Gasteiger charge is -2.24. The van der Waals surface area contributed by atoms with E-state index in [1.165, 1.54) is 63.3 Å². The van der Waals surface area contributed by atoms with Crippen LogP contribution in [-0.2, 0) is 11.0 Å². The highest BCUT2D eigenvalue weighted by atomic mass is 35.5. The first-order chi connectivity index (χ1) is 21.0. The van der Waals surface area contributed by atoms with Gasteiger partial charge >= 0.3 is 6.18 Å². The van der Waals surface area contributed by atoms with Crippen LogP contribution in [0.4, 0.5) is 17.6 Å². The first-order valence-electron chi connectivity index (χ1n) is 13.3. The fourth-order valence-electron chi connectivity index (χ4n) is 4.90. The first-order valence-corrected chi connectivity index (χ1v) is 13.7. The number of tetrazole rings is 1. The van der Waals surface area contributed by atoms with E-state index in [1.807, 2.05) is 0 Å². The van der Waals surface area contributed by atoms with Crippen LogP contribution in [0.25, 0.3) is 27.9 Å². The van der Waals surface area contributed by atoms with Gasteiger partial charge in [0.15, 0.2) is 18.1 Å². The topological polar surface area (TPSA) is 122 Å². The van der Waals surface area contributed by atoms with Crippen molar-refractivity contribution >= 4 is 17.5 Å². The molecule has 44 heavy (non-hydrogen) atoms. The Labute approximate surface area is 251 Å². The molecule has 6 rings (SSSR count). The van der Waals surface area contributed by atoms with Gasteiger partial charge in [-0.1, -0.05) is 11.6 Å². The van der Waals surface area contributed by atoms with E-state index >= 15 is 4.39 Å². The van der Waals surface area contributed by atoms with Gasteiger partial charge in [-0.25, -0.2) is 4.39 Å². The molecule has 1 aromatic carbocycles. The third kappa shape index (κ3) is 5.69. The zero-order valence-corrected chi connectivity index (χ0v) is 23.6. The lowest BCUT2D eigenvalue weighted by Crippen LogP contribution is -2.41. The second kappa shape index (κ2) is 11.3. The number of hydrogen-bond donors (Lipinski definition) is 0. The summed E-state index contributed by atoms with van der Waals surface area (Å²) in [6.07, 6.45) is 3.26. The molecule has 1 saturated carbocycles. The fourth-order valence-corrected chi connectivity index (χ4v) is 5.06. The molecule has 5 aromatic rings. The van der Waals surface area contributed by atoms with E-state index in [0.29, 0.717) is 10.3 Å². The van der Waals surface area contributed by atoms with Crippen molar-refractivity contribution < 1.29 is 27.1 Å². The Morgan fingerprint density at radius 1 is 1.18 bits per heavy atom. The number of rotatable bonds is 8. The van der Waals surface area contributed by atoms with Crippen LogP contribution in [-0.4, -0.2) is 59.4 Å². The molecule has 0 N–H and O–H groups in total. The molecule has 0 radical (unpaired) electrons. The lowest BCUT2D eigenvalue weighted by molar-refractivity contribution is -0.615. The minimum atomic E-state index is -4.64. The maximum atomic E-state index is 15.3. The number of amides is 1. The molecule has 1 aliphatic carbocycles. The summed E-state index contributed by atoms with van der Waals surface area (Å²) < 4.78 is 58.4. The predicted molar refractivity (Wildman–Crippen MR) is 147 cm³/mol. The summed E-state index contributed by atoms with van der Waals surface area (Å²) in [5, 5.41) is 28.7. The summed E-state index contributed by atoms with van der Waals surface area (Å²) in [4.78, 5) is 17.7. The molecule has 1 aliphatic rings. The van der Waals surface area contributed by atoms with E-state index in [0.717, 1.165) is 31.3 Å². The van der Waals surface area contributed by atoms with E-state index in [2.05, 4.69) is 25.6 Å². The van der Waals surface area contributed by atoms with Gasteiger partial charge in [-0.3, -0.25) is 14.5 Å². The minimum absolute atomic E-state index is 0.0157. The van der Waals surface area contributed by atoms with Gasteiger partial charge in [0.25, 0.3) is 0 Å². The standard InChI is InChI=1S/C28H22ClF4N9O2/c1-39(27(43)16-2-3-16)14-23(40-12-19(11-36-40)17-8-9-34-24(10-17)28(31,32)33)21-6-4-18(13-42(21)44)25-22(41-15-35-37-38-41)7-5-20(29)26(25)30/h4-13,15-16,23H,2-3,14H2,1H3/t23-/m0/s1. The monoisotopic (exact) mass is 627 g/mol. The normalized spacial score (nSPS) is 14.0. The molecule has 0 aliphatic heterocycles. The third-order valence-corrected chi connectivity index (χ3v) is 7.59. The molecule has 1 fully saturated rings. The molecule has 226 valence electrons. The zero-order valence-electron chi connectivity index (χ0n) is 22.9. The Morgan fingerprint density at radius 3 is 2.66 bits per heavy atom. The van der Waals surface area contributed by atoms with Gasteiger partial charge in [0.05, 0.1) is 34.6 Å². The van der Waals surface area contributed by atoms with Crippen LogP contribution in [0.3, 0.4) is 0 Å². The van der Waals surface area contributed by atoms with Crippen molar-refractivity contribution in [3.8, 4) is 27.9 Å². The summed E-state index contributed by atoms with van der Waals surface area (Å²) >= 11 is 6.07. The molecule has 0 unspecified atom stereocenters. The van der Waals surface area contributed by atoms with Crippen LogP contribution in [0.2, 0.25) is 5.02 Å². The number of aromatic nitrogens is 8. The number of likely N-dealkylation sites (N-methyl/N-ethyl adjacent to an activating group) is 1. The van der Waals surface area contributed by atoms with Crippen molar-refractivity contribution in [3.05, 3.63) is 94.9 Å². The van der Waals surface area contributed by atoms with Gasteiger partial charge in [0.1, 0.15) is 12.0 Å². The predicted octanol–water partition coefficient (Wildman–Crippen LogP) is 4.49. The van der Waals surface area contributed by atoms with Crippen LogP contribution in [0.5, 0.6) is 0 Å². The van der Waals surface area contributed by atoms with E-state index in [1.54, 1.807) is 7.05 Å². The molecule has 4 aromatic heterocycles. The Hall–Kier alpha value is -4.92. The van der Waals surface area contributed by atoms with Crippen molar-refractivity contribution in [2.75, 3.05) is 13.6 Å². The molecule has 16 heteroatoms. The number of halogens is 5. The average molecular weight is 628 g/mol. The number of nitrogens with zero attached hydrogens (tertiary/aromatic N) is 9. The van der Waals surface area contributed by atoms with Gasteiger partial charge in [0.2, 0.25) is 11.6 Å². The Balaban J connectivity index is 1.40. The highest BCUT2D eigenvalue weighted by Crippen LogP contribution is 2.35. The van der Waals surface area contributed by atoms with E-state index in [-0.39, 0.29) is 51.5 Å². The summed E-state index contributed by atoms with van der Waals surface area (Å²) in [6, 6.07) is 7.32. The summed E-state index contributed by atoms with van der Waals surface area (Å²) in [5.41, 5.74) is 0.0542. The quantitative estimate of drug-likeness (QED) is 0.141. The van der Waals surface area contributed by atoms with Crippen molar-refractivity contribution in [2.45, 2.75) is 25.1 Å². The van der Waals surface area contributed by atoms with Crippen molar-refractivity contribution in [1.82, 2.24) is 39.9 Å². The van der Waals surface area contributed by atoms with Crippen molar-refractivity contribution in [3.63, 3.8) is 0 Å². The molecule has 4 heterocycles. The van der Waals surface area contributed by atoms with Crippen molar-refractivity contribution in [1.29, 1.82) is 0 Å². The fraction of sp³-hybridized carbons (Fsp3) is 0.250. The Kier molecular flexibility index (Phi) is 7.49. The molecule has 0 spiro atoms. The van der Waals surface area contributed by atoms with Crippen LogP contribution in [0.1, 0.15) is 30.3 Å². The second-order valence-electron chi connectivity index (χ2n) is 10.3. The summed E-state index contributed by atoms with van der Waals surface area (Å²) in [6.45, 7) is 0.0313. The minimum Gasteiger partial charge on any atom is -0.618 e. The number of alkyl halides is 3. The largest absolute Gasteiger partial charge is 0.618 e. The molecule has 1 amide bonds. The third-order valence-electron chi connectivity index (χ3n) is 7.30. The number of carbonyl (C=O) groups is 1. The average Bonchev–Trinajstić information content (AvgIpc) is 3.47. The molecule has 11 nitrogen and oxygen atoms in total. The molecule has 1 atom stereocenters.